The fourth-order valence-corrected chi connectivity index (χ4v) is 4.15. The van der Waals surface area contributed by atoms with Crippen LogP contribution in [0.25, 0.3) is 0 Å². The average Bonchev–Trinajstić information content (AvgIpc) is 2.82. The first-order chi connectivity index (χ1) is 15.2. The molecule has 2 aromatic rings. The van der Waals surface area contributed by atoms with Crippen LogP contribution in [0.2, 0.25) is 0 Å². The molecule has 8 heteroatoms. The van der Waals surface area contributed by atoms with E-state index in [1.54, 1.807) is 22.9 Å². The summed E-state index contributed by atoms with van der Waals surface area (Å²) < 4.78 is 5.38. The fraction of sp³-hybridized carbons (Fsp3) is 0.435. The topological polar surface area (TPSA) is 74.8 Å². The smallest absolute Gasteiger partial charge is 0.243 e. The third-order valence-electron chi connectivity index (χ3n) is 5.03. The minimum atomic E-state index is -0.185. The zero-order valence-electron chi connectivity index (χ0n) is 18.0. The molecule has 31 heavy (non-hydrogen) atoms. The van der Waals surface area contributed by atoms with E-state index in [0.29, 0.717) is 18.7 Å². The summed E-state index contributed by atoms with van der Waals surface area (Å²) in [6, 6.07) is 13.6. The predicted molar refractivity (Wildman–Crippen MR) is 125 cm³/mol. The first kappa shape index (κ1) is 23.1. The Hall–Kier alpha value is -2.58. The van der Waals surface area contributed by atoms with Gasteiger partial charge in [0.15, 0.2) is 0 Å². The highest BCUT2D eigenvalue weighted by molar-refractivity contribution is 7.98. The average molecular weight is 443 g/mol. The molecule has 1 saturated heterocycles. The molecular formula is C23H30N4O3S. The summed E-state index contributed by atoms with van der Waals surface area (Å²) in [4.78, 5) is 33.1. The summed E-state index contributed by atoms with van der Waals surface area (Å²) in [5, 5.41) is 2.89. The second-order valence-electron chi connectivity index (χ2n) is 7.23. The maximum absolute atomic E-state index is 12.5. The van der Waals surface area contributed by atoms with Gasteiger partial charge in [0.25, 0.3) is 0 Å². The Morgan fingerprint density at radius 1 is 1.16 bits per heavy atom. The van der Waals surface area contributed by atoms with E-state index in [2.05, 4.69) is 15.2 Å². The number of amides is 2. The summed E-state index contributed by atoms with van der Waals surface area (Å²) in [5.74, 6) is 1.29. The number of nitrogens with one attached hydrogen (secondary N) is 1. The van der Waals surface area contributed by atoms with Crippen molar-refractivity contribution in [3.63, 3.8) is 0 Å². The van der Waals surface area contributed by atoms with Gasteiger partial charge in [-0.25, -0.2) is 0 Å². The van der Waals surface area contributed by atoms with Crippen molar-refractivity contribution in [2.24, 2.45) is 0 Å². The van der Waals surface area contributed by atoms with Crippen molar-refractivity contribution >= 4 is 35.0 Å². The summed E-state index contributed by atoms with van der Waals surface area (Å²) in [5.41, 5.74) is 2.86. The Kier molecular flexibility index (Phi) is 9.17. The first-order valence-electron chi connectivity index (χ1n) is 10.6. The summed E-state index contributed by atoms with van der Waals surface area (Å²) in [7, 11) is 0. The lowest BCUT2D eigenvalue weighted by Gasteiger charge is -2.29. The standard InChI is InChI=1S/C23H30N4O3S/c1-2-26(23(29)10-16-31-18-20-5-3-4-11-24-20)17-22(28)25-19-6-8-21(9-7-19)27-12-14-30-15-13-27/h3-9,11H,2,10,12-18H2,1H3,(H,25,28). The van der Waals surface area contributed by atoms with Crippen molar-refractivity contribution in [3.8, 4) is 0 Å². The van der Waals surface area contributed by atoms with Crippen LogP contribution in [0, 0.1) is 0 Å². The molecule has 1 aromatic heterocycles. The van der Waals surface area contributed by atoms with Gasteiger partial charge in [-0.15, -0.1) is 0 Å². The number of carbonyl (C=O) groups excluding carboxylic acids is 2. The van der Waals surface area contributed by atoms with Crippen LogP contribution in [0.1, 0.15) is 19.0 Å². The lowest BCUT2D eigenvalue weighted by Crippen LogP contribution is -2.38. The van der Waals surface area contributed by atoms with Crippen LogP contribution in [0.15, 0.2) is 48.7 Å². The zero-order valence-corrected chi connectivity index (χ0v) is 18.8. The van der Waals surface area contributed by atoms with Crippen LogP contribution >= 0.6 is 11.8 Å². The molecule has 1 aliphatic heterocycles. The molecule has 0 spiro atoms. The van der Waals surface area contributed by atoms with E-state index in [1.807, 2.05) is 49.4 Å². The number of ether oxygens (including phenoxy) is 1. The van der Waals surface area contributed by atoms with Crippen molar-refractivity contribution in [2.45, 2.75) is 19.1 Å². The largest absolute Gasteiger partial charge is 0.378 e. The molecule has 0 saturated carbocycles. The number of thioether (sulfide) groups is 1. The van der Waals surface area contributed by atoms with Crippen LogP contribution in [-0.2, 0) is 20.1 Å². The molecule has 0 atom stereocenters. The number of hydrogen-bond donors (Lipinski definition) is 1. The van der Waals surface area contributed by atoms with Gasteiger partial charge in [-0.05, 0) is 43.3 Å². The number of nitrogens with zero attached hydrogens (tertiary/aromatic N) is 3. The molecule has 0 aliphatic carbocycles. The molecule has 1 N–H and O–H groups in total. The Bertz CT molecular complexity index is 826. The molecule has 1 aliphatic rings. The quantitative estimate of drug-likeness (QED) is 0.570. The number of pyridine rings is 1. The van der Waals surface area contributed by atoms with Gasteiger partial charge < -0.3 is 19.9 Å². The lowest BCUT2D eigenvalue weighted by molar-refractivity contribution is -0.134. The summed E-state index contributed by atoms with van der Waals surface area (Å²) >= 11 is 1.67. The molecule has 1 fully saturated rings. The molecule has 0 unspecified atom stereocenters. The molecule has 3 rings (SSSR count). The van der Waals surface area contributed by atoms with Crippen LogP contribution in [0.5, 0.6) is 0 Å². The third-order valence-corrected chi connectivity index (χ3v) is 6.03. The molecule has 1 aromatic carbocycles. The van der Waals surface area contributed by atoms with Crippen LogP contribution in [0.4, 0.5) is 11.4 Å². The molecule has 7 nitrogen and oxygen atoms in total. The lowest BCUT2D eigenvalue weighted by atomic mass is 10.2. The monoisotopic (exact) mass is 442 g/mol. The molecule has 0 radical (unpaired) electrons. The minimum absolute atomic E-state index is 0.00571. The van der Waals surface area contributed by atoms with Gasteiger partial charge in [0, 0.05) is 55.1 Å². The molecular weight excluding hydrogens is 412 g/mol. The summed E-state index contributed by atoms with van der Waals surface area (Å²) in [6.45, 7) is 5.68. The highest BCUT2D eigenvalue weighted by Crippen LogP contribution is 2.19. The van der Waals surface area contributed by atoms with Gasteiger partial charge in [0.1, 0.15) is 0 Å². The maximum atomic E-state index is 12.5. The van der Waals surface area contributed by atoms with Crippen molar-refractivity contribution in [3.05, 3.63) is 54.4 Å². The van der Waals surface area contributed by atoms with E-state index >= 15 is 0 Å². The predicted octanol–water partition coefficient (Wildman–Crippen LogP) is 3.03. The Labute approximate surface area is 188 Å². The number of anilines is 2. The normalized spacial score (nSPS) is 13.6. The van der Waals surface area contributed by atoms with Crippen molar-refractivity contribution in [1.29, 1.82) is 0 Å². The number of morpholine rings is 1. The Morgan fingerprint density at radius 3 is 2.61 bits per heavy atom. The SMILES string of the molecule is CCN(CC(=O)Nc1ccc(N2CCOCC2)cc1)C(=O)CCSCc1ccccn1. The van der Waals surface area contributed by atoms with Crippen molar-refractivity contribution < 1.29 is 14.3 Å². The van der Waals surface area contributed by atoms with Gasteiger partial charge >= 0.3 is 0 Å². The van der Waals surface area contributed by atoms with Gasteiger partial charge in [-0.3, -0.25) is 14.6 Å². The van der Waals surface area contributed by atoms with E-state index in [9.17, 15) is 9.59 Å². The number of rotatable bonds is 10. The Morgan fingerprint density at radius 2 is 1.94 bits per heavy atom. The second kappa shape index (κ2) is 12.3. The van der Waals surface area contributed by atoms with Crippen LogP contribution < -0.4 is 10.2 Å². The van der Waals surface area contributed by atoms with E-state index in [1.165, 1.54) is 0 Å². The van der Waals surface area contributed by atoms with Crippen LogP contribution in [0.3, 0.4) is 0 Å². The molecule has 0 bridgehead atoms. The van der Waals surface area contributed by atoms with Gasteiger partial charge in [-0.1, -0.05) is 6.07 Å². The fourth-order valence-electron chi connectivity index (χ4n) is 3.31. The Balaban J connectivity index is 1.40. The second-order valence-corrected chi connectivity index (χ2v) is 8.33. The van der Waals surface area contributed by atoms with Crippen LogP contribution in [-0.4, -0.2) is 66.8 Å². The van der Waals surface area contributed by atoms with E-state index < -0.39 is 0 Å². The molecule has 2 heterocycles. The number of hydrogen-bond acceptors (Lipinski definition) is 6. The third kappa shape index (κ3) is 7.56. The minimum Gasteiger partial charge on any atom is -0.378 e. The van der Waals surface area contributed by atoms with E-state index in [4.69, 9.17) is 4.74 Å². The number of benzene rings is 1. The molecule has 166 valence electrons. The highest BCUT2D eigenvalue weighted by Gasteiger charge is 2.16. The summed E-state index contributed by atoms with van der Waals surface area (Å²) in [6.07, 6.45) is 2.18. The van der Waals surface area contributed by atoms with Gasteiger partial charge in [-0.2, -0.15) is 11.8 Å². The maximum Gasteiger partial charge on any atom is 0.243 e. The number of likely N-dealkylation sites (N-methyl/N-ethyl adjacent to an activating group) is 1. The highest BCUT2D eigenvalue weighted by atomic mass is 32.2. The van der Waals surface area contributed by atoms with Crippen molar-refractivity contribution in [2.75, 3.05) is 55.4 Å². The van der Waals surface area contributed by atoms with Gasteiger partial charge in [0.2, 0.25) is 11.8 Å². The zero-order chi connectivity index (χ0) is 21.9. The van der Waals surface area contributed by atoms with E-state index in [0.717, 1.165) is 49.1 Å². The van der Waals surface area contributed by atoms with Gasteiger partial charge in [0.05, 0.1) is 25.5 Å². The number of aromatic nitrogens is 1. The number of carbonyl (C=O) groups is 2. The first-order valence-corrected chi connectivity index (χ1v) is 11.8. The van der Waals surface area contributed by atoms with Crippen molar-refractivity contribution in [1.82, 2.24) is 9.88 Å². The molecule has 2 amide bonds. The van der Waals surface area contributed by atoms with E-state index in [-0.39, 0.29) is 18.4 Å².